The highest BCUT2D eigenvalue weighted by Gasteiger charge is 2.11. The van der Waals surface area contributed by atoms with E-state index in [1.165, 1.54) is 11.8 Å². The molecule has 0 unspecified atom stereocenters. The molecule has 0 radical (unpaired) electrons. The summed E-state index contributed by atoms with van der Waals surface area (Å²) in [6.45, 7) is 4.02. The summed E-state index contributed by atoms with van der Waals surface area (Å²) in [6, 6.07) is 13.4. The van der Waals surface area contributed by atoms with Crippen molar-refractivity contribution in [3.05, 3.63) is 66.0 Å². The predicted molar refractivity (Wildman–Crippen MR) is 109 cm³/mol. The van der Waals surface area contributed by atoms with E-state index in [4.69, 9.17) is 0 Å². The van der Waals surface area contributed by atoms with Crippen LogP contribution in [0.15, 0.2) is 59.9 Å². The molecule has 1 aromatic carbocycles. The van der Waals surface area contributed by atoms with Crippen molar-refractivity contribution < 1.29 is 4.79 Å². The number of pyridine rings is 1. The Morgan fingerprint density at radius 3 is 2.68 bits per heavy atom. The molecule has 0 saturated heterocycles. The van der Waals surface area contributed by atoms with Crippen molar-refractivity contribution in [2.45, 2.75) is 18.9 Å². The lowest BCUT2D eigenvalue weighted by atomic mass is 10.1. The normalized spacial score (nSPS) is 10.9. The van der Waals surface area contributed by atoms with E-state index in [9.17, 15) is 4.79 Å². The van der Waals surface area contributed by atoms with Crippen molar-refractivity contribution in [3.8, 4) is 11.4 Å². The summed E-state index contributed by atoms with van der Waals surface area (Å²) in [7, 11) is 0. The quantitative estimate of drug-likeness (QED) is 0.525. The molecule has 0 aliphatic heterocycles. The molecule has 4 aromatic rings. The van der Waals surface area contributed by atoms with Gasteiger partial charge in [0.15, 0.2) is 11.5 Å². The number of hydrogen-bond donors (Lipinski definition) is 1. The highest BCUT2D eigenvalue weighted by molar-refractivity contribution is 7.99. The number of nitrogens with zero attached hydrogens (tertiary/aromatic N) is 5. The molecular formula is C20H18N6OS. The zero-order chi connectivity index (χ0) is 19.5. The smallest absolute Gasteiger partial charge is 0.234 e. The average Bonchev–Trinajstić information content (AvgIpc) is 3.09. The Balaban J connectivity index is 1.48. The maximum Gasteiger partial charge on any atom is 0.234 e. The summed E-state index contributed by atoms with van der Waals surface area (Å²) in [4.78, 5) is 16.4. The first kappa shape index (κ1) is 18.1. The van der Waals surface area contributed by atoms with E-state index in [1.807, 2.05) is 50.2 Å². The topological polar surface area (TPSA) is 85.1 Å². The van der Waals surface area contributed by atoms with Gasteiger partial charge in [0, 0.05) is 23.6 Å². The molecule has 7 nitrogen and oxygen atoms in total. The van der Waals surface area contributed by atoms with E-state index < -0.39 is 0 Å². The first-order chi connectivity index (χ1) is 13.6. The third-order valence-electron chi connectivity index (χ3n) is 4.01. The van der Waals surface area contributed by atoms with Crippen LogP contribution in [0, 0.1) is 13.8 Å². The second-order valence-electron chi connectivity index (χ2n) is 6.42. The van der Waals surface area contributed by atoms with Crippen molar-refractivity contribution in [1.29, 1.82) is 0 Å². The Labute approximate surface area is 166 Å². The Hall–Kier alpha value is -3.26. The zero-order valence-electron chi connectivity index (χ0n) is 15.5. The van der Waals surface area contributed by atoms with Gasteiger partial charge in [-0.2, -0.15) is 9.61 Å². The molecule has 0 bridgehead atoms. The van der Waals surface area contributed by atoms with Crippen LogP contribution in [0.2, 0.25) is 0 Å². The summed E-state index contributed by atoms with van der Waals surface area (Å²) in [6.07, 6.45) is 3.42. The van der Waals surface area contributed by atoms with Gasteiger partial charge >= 0.3 is 0 Å². The lowest BCUT2D eigenvalue weighted by Crippen LogP contribution is -2.14. The number of amides is 1. The monoisotopic (exact) mass is 390 g/mol. The summed E-state index contributed by atoms with van der Waals surface area (Å²) in [5, 5.41) is 16.6. The molecule has 1 amide bonds. The molecule has 3 heterocycles. The molecule has 0 aliphatic rings. The number of benzene rings is 1. The van der Waals surface area contributed by atoms with Gasteiger partial charge in [-0.15, -0.1) is 10.2 Å². The van der Waals surface area contributed by atoms with Crippen LogP contribution in [0.3, 0.4) is 0 Å². The van der Waals surface area contributed by atoms with E-state index in [-0.39, 0.29) is 11.7 Å². The molecular weight excluding hydrogens is 372 g/mol. The summed E-state index contributed by atoms with van der Waals surface area (Å²) < 4.78 is 1.67. The standard InChI is InChI=1S/C20H18N6OS/c1-13-8-14(2)10-16(9-13)22-18(27)12-28-19-6-5-17-23-24-20(26(17)25-19)15-4-3-7-21-11-15/h3-11H,12H2,1-2H3,(H,22,27). The van der Waals surface area contributed by atoms with Gasteiger partial charge in [-0.25, -0.2) is 0 Å². The zero-order valence-corrected chi connectivity index (χ0v) is 16.3. The lowest BCUT2D eigenvalue weighted by Gasteiger charge is -2.07. The predicted octanol–water partition coefficient (Wildman–Crippen LogP) is 3.53. The van der Waals surface area contributed by atoms with Crippen LogP contribution >= 0.6 is 11.8 Å². The van der Waals surface area contributed by atoms with Crippen molar-refractivity contribution in [3.63, 3.8) is 0 Å². The number of carbonyl (C=O) groups is 1. The largest absolute Gasteiger partial charge is 0.325 e. The first-order valence-corrected chi connectivity index (χ1v) is 9.71. The number of fused-ring (bicyclic) bond motifs is 1. The molecule has 0 atom stereocenters. The van der Waals surface area contributed by atoms with Crippen LogP contribution in [0.4, 0.5) is 5.69 Å². The van der Waals surface area contributed by atoms with Crippen LogP contribution in [-0.2, 0) is 4.79 Å². The average molecular weight is 390 g/mol. The Bertz CT molecular complexity index is 1120. The summed E-state index contributed by atoms with van der Waals surface area (Å²) in [5.74, 6) is 0.800. The maximum atomic E-state index is 12.3. The number of aromatic nitrogens is 5. The lowest BCUT2D eigenvalue weighted by molar-refractivity contribution is -0.113. The molecule has 1 N–H and O–H groups in total. The van der Waals surface area contributed by atoms with Crippen molar-refractivity contribution in [1.82, 2.24) is 24.8 Å². The minimum Gasteiger partial charge on any atom is -0.325 e. The van der Waals surface area contributed by atoms with Crippen molar-refractivity contribution in [2.75, 3.05) is 11.1 Å². The third kappa shape index (κ3) is 4.01. The Kier molecular flexibility index (Phi) is 5.03. The Morgan fingerprint density at radius 1 is 1.11 bits per heavy atom. The number of nitrogens with one attached hydrogen (secondary N) is 1. The van der Waals surface area contributed by atoms with Crippen LogP contribution in [-0.4, -0.2) is 36.5 Å². The molecule has 3 aromatic heterocycles. The maximum absolute atomic E-state index is 12.3. The van der Waals surface area contributed by atoms with Gasteiger partial charge < -0.3 is 5.32 Å². The van der Waals surface area contributed by atoms with Crippen molar-refractivity contribution in [2.24, 2.45) is 0 Å². The molecule has 0 fully saturated rings. The minimum atomic E-state index is -0.0758. The molecule has 140 valence electrons. The number of hydrogen-bond acceptors (Lipinski definition) is 6. The number of carbonyl (C=O) groups excluding carboxylic acids is 1. The van der Waals surface area contributed by atoms with E-state index in [0.29, 0.717) is 16.5 Å². The van der Waals surface area contributed by atoms with E-state index >= 15 is 0 Å². The third-order valence-corrected chi connectivity index (χ3v) is 4.93. The molecule has 0 saturated carbocycles. The fourth-order valence-electron chi connectivity index (χ4n) is 2.91. The number of anilines is 1. The van der Waals surface area contributed by atoms with Crippen LogP contribution in [0.1, 0.15) is 11.1 Å². The summed E-state index contributed by atoms with van der Waals surface area (Å²) >= 11 is 1.36. The van der Waals surface area contributed by atoms with Gasteiger partial charge in [-0.3, -0.25) is 9.78 Å². The molecule has 0 aliphatic carbocycles. The van der Waals surface area contributed by atoms with Gasteiger partial charge in [0.25, 0.3) is 0 Å². The highest BCUT2D eigenvalue weighted by atomic mass is 32.2. The van der Waals surface area contributed by atoms with Gasteiger partial charge in [0.1, 0.15) is 5.03 Å². The van der Waals surface area contributed by atoms with Crippen LogP contribution < -0.4 is 5.32 Å². The van der Waals surface area contributed by atoms with E-state index in [2.05, 4.69) is 31.7 Å². The molecule has 28 heavy (non-hydrogen) atoms. The van der Waals surface area contributed by atoms with Crippen molar-refractivity contribution >= 4 is 29.0 Å². The van der Waals surface area contributed by atoms with Gasteiger partial charge in [-0.05, 0) is 61.4 Å². The highest BCUT2D eigenvalue weighted by Crippen LogP contribution is 2.20. The molecule has 8 heteroatoms. The second kappa shape index (κ2) is 7.77. The number of rotatable bonds is 5. The molecule has 4 rings (SSSR count). The summed E-state index contributed by atoms with van der Waals surface area (Å²) in [5.41, 5.74) is 4.51. The van der Waals surface area contributed by atoms with E-state index in [1.54, 1.807) is 16.9 Å². The first-order valence-electron chi connectivity index (χ1n) is 8.72. The fourth-order valence-corrected chi connectivity index (χ4v) is 3.56. The van der Waals surface area contributed by atoms with Crippen LogP contribution in [0.5, 0.6) is 0 Å². The fraction of sp³-hybridized carbons (Fsp3) is 0.150. The SMILES string of the molecule is Cc1cc(C)cc(NC(=O)CSc2ccc3nnc(-c4cccnc4)n3n2)c1. The second-order valence-corrected chi connectivity index (χ2v) is 7.42. The number of thioether (sulfide) groups is 1. The molecule has 0 spiro atoms. The van der Waals surface area contributed by atoms with Gasteiger partial charge in [0.2, 0.25) is 5.91 Å². The minimum absolute atomic E-state index is 0.0758. The van der Waals surface area contributed by atoms with Crippen LogP contribution in [0.25, 0.3) is 17.0 Å². The van der Waals surface area contributed by atoms with E-state index in [0.717, 1.165) is 22.4 Å². The number of aryl methyl sites for hydroxylation is 2. The Morgan fingerprint density at radius 2 is 1.93 bits per heavy atom. The van der Waals surface area contributed by atoms with Gasteiger partial charge in [0.05, 0.1) is 5.75 Å². The van der Waals surface area contributed by atoms with Gasteiger partial charge in [-0.1, -0.05) is 17.8 Å².